The average Bonchev–Trinajstić information content (AvgIpc) is 3.03. The predicted molar refractivity (Wildman–Crippen MR) is 173 cm³/mol. The van der Waals surface area contributed by atoms with Gasteiger partial charge in [0.2, 0.25) is 21.8 Å². The first-order chi connectivity index (χ1) is 21.1. The molecule has 12 heteroatoms. The lowest BCUT2D eigenvalue weighted by Gasteiger charge is -2.34. The molecule has 9 nitrogen and oxygen atoms in total. The van der Waals surface area contributed by atoms with Crippen LogP contribution in [0.1, 0.15) is 37.8 Å². The minimum Gasteiger partial charge on any atom is -0.486 e. The number of nitrogens with zero attached hydrogens (tertiary/aromatic N) is 2. The number of amides is 2. The van der Waals surface area contributed by atoms with Crippen molar-refractivity contribution in [3.05, 3.63) is 87.9 Å². The molecule has 1 N–H and O–H groups in total. The summed E-state index contributed by atoms with van der Waals surface area (Å²) >= 11 is 13.1. The van der Waals surface area contributed by atoms with Crippen LogP contribution in [-0.2, 0) is 32.6 Å². The molecule has 0 aliphatic carbocycles. The van der Waals surface area contributed by atoms with Crippen molar-refractivity contribution in [1.29, 1.82) is 0 Å². The average molecular weight is 663 g/mol. The molecule has 1 heterocycles. The van der Waals surface area contributed by atoms with E-state index in [-0.39, 0.29) is 30.3 Å². The first-order valence-electron chi connectivity index (χ1n) is 14.6. The maximum Gasteiger partial charge on any atom is 0.244 e. The molecule has 236 valence electrons. The number of unbranched alkanes of at least 4 members (excludes halogenated alkanes) is 1. The quantitative estimate of drug-likeness (QED) is 0.230. The first-order valence-corrected chi connectivity index (χ1v) is 16.9. The van der Waals surface area contributed by atoms with E-state index < -0.39 is 28.5 Å². The SMILES string of the molecule is CCCCNC(=O)C(Cc1ccccc1)N(Cc1c(Cl)cccc1Cl)C(=O)CN(c1ccc2c(c1)OCCO2)S(=O)(=O)CC. The van der Waals surface area contributed by atoms with Crippen molar-refractivity contribution in [2.24, 2.45) is 0 Å². The predicted octanol–water partition coefficient (Wildman–Crippen LogP) is 5.48. The Morgan fingerprint density at radius 3 is 2.27 bits per heavy atom. The lowest BCUT2D eigenvalue weighted by atomic mass is 10.0. The Balaban J connectivity index is 1.77. The summed E-state index contributed by atoms with van der Waals surface area (Å²) in [5.41, 5.74) is 1.52. The molecule has 0 bridgehead atoms. The Bertz CT molecular complexity index is 1530. The van der Waals surface area contributed by atoms with Crippen LogP contribution in [0, 0.1) is 0 Å². The highest BCUT2D eigenvalue weighted by Gasteiger charge is 2.34. The van der Waals surface area contributed by atoms with Crippen molar-refractivity contribution < 1.29 is 27.5 Å². The fraction of sp³-hybridized carbons (Fsp3) is 0.375. The Hall–Kier alpha value is -3.47. The molecule has 4 rings (SSSR count). The van der Waals surface area contributed by atoms with Gasteiger partial charge in [0.1, 0.15) is 25.8 Å². The summed E-state index contributed by atoms with van der Waals surface area (Å²) in [5, 5.41) is 3.60. The number of carbonyl (C=O) groups excluding carboxylic acids is 2. The smallest absolute Gasteiger partial charge is 0.244 e. The van der Waals surface area contributed by atoms with Crippen LogP contribution in [0.5, 0.6) is 11.5 Å². The highest BCUT2D eigenvalue weighted by atomic mass is 35.5. The molecular formula is C32H37Cl2N3O6S. The molecule has 1 aliphatic rings. The van der Waals surface area contributed by atoms with Crippen molar-refractivity contribution in [3.8, 4) is 11.5 Å². The second-order valence-electron chi connectivity index (χ2n) is 10.3. The fourth-order valence-corrected chi connectivity index (χ4v) is 6.39. The normalized spacial score (nSPS) is 13.2. The molecule has 0 radical (unpaired) electrons. The number of sulfonamides is 1. The first kappa shape index (κ1) is 33.4. The van der Waals surface area contributed by atoms with Crippen LogP contribution in [0.25, 0.3) is 0 Å². The number of benzene rings is 3. The maximum absolute atomic E-state index is 14.4. The van der Waals surface area contributed by atoms with Crippen molar-refractivity contribution in [3.63, 3.8) is 0 Å². The van der Waals surface area contributed by atoms with E-state index in [1.54, 1.807) is 36.4 Å². The van der Waals surface area contributed by atoms with Gasteiger partial charge in [-0.05, 0) is 43.2 Å². The molecule has 1 atom stereocenters. The summed E-state index contributed by atoms with van der Waals surface area (Å²) in [5.74, 6) is -0.338. The van der Waals surface area contributed by atoms with E-state index in [0.29, 0.717) is 46.9 Å². The highest BCUT2D eigenvalue weighted by molar-refractivity contribution is 7.92. The minimum absolute atomic E-state index is 0.114. The van der Waals surface area contributed by atoms with Crippen LogP contribution in [0.2, 0.25) is 10.0 Å². The van der Waals surface area contributed by atoms with Crippen molar-refractivity contribution >= 4 is 50.7 Å². The van der Waals surface area contributed by atoms with Crippen LogP contribution in [0.4, 0.5) is 5.69 Å². The van der Waals surface area contributed by atoms with Gasteiger partial charge in [-0.2, -0.15) is 0 Å². The zero-order valence-electron chi connectivity index (χ0n) is 24.8. The van der Waals surface area contributed by atoms with Crippen LogP contribution in [0.15, 0.2) is 66.7 Å². The van der Waals surface area contributed by atoms with Gasteiger partial charge in [0, 0.05) is 41.2 Å². The van der Waals surface area contributed by atoms with E-state index in [4.69, 9.17) is 32.7 Å². The van der Waals surface area contributed by atoms with E-state index in [1.165, 1.54) is 11.8 Å². The zero-order valence-corrected chi connectivity index (χ0v) is 27.1. The molecular weight excluding hydrogens is 625 g/mol. The number of ether oxygens (including phenoxy) is 2. The Morgan fingerprint density at radius 2 is 1.61 bits per heavy atom. The Kier molecular flexibility index (Phi) is 11.8. The lowest BCUT2D eigenvalue weighted by molar-refractivity contribution is -0.140. The van der Waals surface area contributed by atoms with Crippen molar-refractivity contribution in [2.45, 2.75) is 45.7 Å². The number of carbonyl (C=O) groups is 2. The van der Waals surface area contributed by atoms with Crippen molar-refractivity contribution in [2.75, 3.05) is 36.4 Å². The molecule has 0 saturated heterocycles. The largest absolute Gasteiger partial charge is 0.486 e. The van der Waals surface area contributed by atoms with Gasteiger partial charge >= 0.3 is 0 Å². The molecule has 0 fully saturated rings. The maximum atomic E-state index is 14.4. The van der Waals surface area contributed by atoms with Crippen LogP contribution in [-0.4, -0.2) is 63.2 Å². The second-order valence-corrected chi connectivity index (χ2v) is 13.3. The summed E-state index contributed by atoms with van der Waals surface area (Å²) in [7, 11) is -3.94. The third kappa shape index (κ3) is 8.37. The van der Waals surface area contributed by atoms with Gasteiger partial charge in [0.25, 0.3) is 0 Å². The summed E-state index contributed by atoms with van der Waals surface area (Å²) in [6, 6.07) is 18.1. The summed E-state index contributed by atoms with van der Waals surface area (Å²) in [6.45, 7) is 3.97. The van der Waals surface area contributed by atoms with E-state index in [0.717, 1.165) is 22.7 Å². The van der Waals surface area contributed by atoms with Crippen molar-refractivity contribution in [1.82, 2.24) is 10.2 Å². The standard InChI is InChI=1S/C32H37Cl2N3O6S/c1-3-5-16-35-32(39)28(19-23-10-7-6-8-11-23)36(21-25-26(33)12-9-13-27(25)34)31(38)22-37(44(40,41)4-2)24-14-15-29-30(20-24)43-18-17-42-29/h6-15,20,28H,3-5,16-19,21-22H2,1-2H3,(H,35,39). The molecule has 1 unspecified atom stereocenters. The van der Waals surface area contributed by atoms with Gasteiger partial charge in [-0.25, -0.2) is 8.42 Å². The van der Waals surface area contributed by atoms with E-state index >= 15 is 0 Å². The lowest BCUT2D eigenvalue weighted by Crippen LogP contribution is -2.53. The number of halogens is 2. The molecule has 0 spiro atoms. The third-order valence-corrected chi connectivity index (χ3v) is 9.73. The number of hydrogen-bond donors (Lipinski definition) is 1. The van der Waals surface area contributed by atoms with E-state index in [1.807, 2.05) is 37.3 Å². The molecule has 44 heavy (non-hydrogen) atoms. The Morgan fingerprint density at radius 1 is 0.932 bits per heavy atom. The van der Waals surface area contributed by atoms with Crippen LogP contribution >= 0.6 is 23.2 Å². The van der Waals surface area contributed by atoms with E-state index in [9.17, 15) is 18.0 Å². The van der Waals surface area contributed by atoms with E-state index in [2.05, 4.69) is 5.32 Å². The molecule has 3 aromatic rings. The fourth-order valence-electron chi connectivity index (χ4n) is 4.82. The molecule has 2 amide bonds. The molecule has 3 aromatic carbocycles. The molecule has 0 saturated carbocycles. The number of anilines is 1. The van der Waals surface area contributed by atoms with Gasteiger partial charge in [-0.15, -0.1) is 0 Å². The third-order valence-electron chi connectivity index (χ3n) is 7.28. The van der Waals surface area contributed by atoms with Gasteiger partial charge in [0.05, 0.1) is 11.4 Å². The zero-order chi connectivity index (χ0) is 31.7. The van der Waals surface area contributed by atoms with Gasteiger partial charge in [0.15, 0.2) is 11.5 Å². The van der Waals surface area contributed by atoms with Crippen LogP contribution in [0.3, 0.4) is 0 Å². The van der Waals surface area contributed by atoms with Gasteiger partial charge in [-0.3, -0.25) is 13.9 Å². The van der Waals surface area contributed by atoms with Gasteiger partial charge < -0.3 is 19.7 Å². The number of hydrogen-bond acceptors (Lipinski definition) is 6. The van der Waals surface area contributed by atoms with Gasteiger partial charge in [-0.1, -0.05) is 72.9 Å². The number of fused-ring (bicyclic) bond motifs is 1. The monoisotopic (exact) mass is 661 g/mol. The number of rotatable bonds is 14. The molecule has 1 aliphatic heterocycles. The highest BCUT2D eigenvalue weighted by Crippen LogP contribution is 2.35. The topological polar surface area (TPSA) is 105 Å². The summed E-state index contributed by atoms with van der Waals surface area (Å²) < 4.78 is 39.2. The second kappa shape index (κ2) is 15.5. The number of nitrogens with one attached hydrogen (secondary N) is 1. The summed E-state index contributed by atoms with van der Waals surface area (Å²) in [6.07, 6.45) is 1.83. The van der Waals surface area contributed by atoms with Crippen LogP contribution < -0.4 is 19.1 Å². The summed E-state index contributed by atoms with van der Waals surface area (Å²) in [4.78, 5) is 29.5. The minimum atomic E-state index is -3.94. The molecule has 0 aromatic heterocycles. The Labute approximate surface area is 269 Å².